The predicted octanol–water partition coefficient (Wildman–Crippen LogP) is 3.51. The van der Waals surface area contributed by atoms with Crippen molar-refractivity contribution in [3.63, 3.8) is 0 Å². The van der Waals surface area contributed by atoms with Gasteiger partial charge >= 0.3 is 0 Å². The molecular formula is C22H27N7O. The van der Waals surface area contributed by atoms with Crippen molar-refractivity contribution in [3.8, 4) is 17.1 Å². The summed E-state index contributed by atoms with van der Waals surface area (Å²) in [5.74, 6) is 0.477. The van der Waals surface area contributed by atoms with Crippen LogP contribution >= 0.6 is 0 Å². The Morgan fingerprint density at radius 2 is 2.00 bits per heavy atom. The van der Waals surface area contributed by atoms with Gasteiger partial charge in [-0.3, -0.25) is 4.40 Å². The molecule has 1 unspecified atom stereocenters. The van der Waals surface area contributed by atoms with Crippen LogP contribution in [-0.2, 0) is 6.42 Å². The highest BCUT2D eigenvalue weighted by Crippen LogP contribution is 2.34. The van der Waals surface area contributed by atoms with Gasteiger partial charge in [0, 0.05) is 28.9 Å². The van der Waals surface area contributed by atoms with E-state index in [4.69, 9.17) is 21.4 Å². The number of nitrogens with one attached hydrogen (secondary N) is 1. The normalized spacial score (nSPS) is 12.7. The molecule has 0 radical (unpaired) electrons. The van der Waals surface area contributed by atoms with Gasteiger partial charge in [0.15, 0.2) is 11.6 Å². The molecule has 1 atom stereocenters. The summed E-state index contributed by atoms with van der Waals surface area (Å²) >= 11 is 0. The Kier molecular flexibility index (Phi) is 5.07. The summed E-state index contributed by atoms with van der Waals surface area (Å²) in [5, 5.41) is 12.0. The standard InChI is InChI=1S/C22H27N7O/c1-4-15(28-22(23)24)19-20-27-17(9-12(2)3)21(30)29(20)11-18(26-19)14-10-25-16-8-6-5-7-13(14)16/h5-8,10-12,15,25,30H,4,9H2,1-3H3,(H4,23,24,28). The number of hydrogen-bond donors (Lipinski definition) is 4. The molecule has 8 heteroatoms. The molecule has 0 aliphatic rings. The second kappa shape index (κ2) is 7.70. The van der Waals surface area contributed by atoms with E-state index in [9.17, 15) is 5.11 Å². The summed E-state index contributed by atoms with van der Waals surface area (Å²) < 4.78 is 1.70. The number of hydrogen-bond acceptors (Lipinski definition) is 4. The average Bonchev–Trinajstić information content (AvgIpc) is 3.27. The van der Waals surface area contributed by atoms with Crippen molar-refractivity contribution >= 4 is 22.5 Å². The largest absolute Gasteiger partial charge is 0.493 e. The van der Waals surface area contributed by atoms with Crippen LogP contribution in [0.25, 0.3) is 27.8 Å². The molecule has 4 rings (SSSR count). The highest BCUT2D eigenvalue weighted by Gasteiger charge is 2.23. The fourth-order valence-corrected chi connectivity index (χ4v) is 3.79. The van der Waals surface area contributed by atoms with Gasteiger partial charge in [-0.05, 0) is 24.8 Å². The maximum Gasteiger partial charge on any atom is 0.219 e. The molecule has 156 valence electrons. The zero-order valence-electron chi connectivity index (χ0n) is 17.4. The third-order valence-corrected chi connectivity index (χ3v) is 5.15. The number of nitrogens with zero attached hydrogens (tertiary/aromatic N) is 4. The van der Waals surface area contributed by atoms with Crippen molar-refractivity contribution in [1.82, 2.24) is 19.4 Å². The van der Waals surface area contributed by atoms with Gasteiger partial charge in [0.25, 0.3) is 0 Å². The molecule has 0 bridgehead atoms. The van der Waals surface area contributed by atoms with Gasteiger partial charge in [-0.2, -0.15) is 0 Å². The third-order valence-electron chi connectivity index (χ3n) is 5.15. The number of imidazole rings is 1. The Balaban J connectivity index is 2.00. The molecule has 8 nitrogen and oxygen atoms in total. The molecule has 0 saturated carbocycles. The zero-order chi connectivity index (χ0) is 21.4. The summed E-state index contributed by atoms with van der Waals surface area (Å²) in [7, 11) is 0. The van der Waals surface area contributed by atoms with Gasteiger partial charge in [-0.25, -0.2) is 15.0 Å². The average molecular weight is 406 g/mol. The van der Waals surface area contributed by atoms with Crippen molar-refractivity contribution in [2.45, 2.75) is 39.7 Å². The van der Waals surface area contributed by atoms with E-state index in [-0.39, 0.29) is 17.9 Å². The summed E-state index contributed by atoms with van der Waals surface area (Å²) in [5.41, 5.74) is 15.9. The second-order valence-electron chi connectivity index (χ2n) is 7.91. The van der Waals surface area contributed by atoms with E-state index in [1.165, 1.54) is 0 Å². The number of rotatable bonds is 6. The second-order valence-corrected chi connectivity index (χ2v) is 7.91. The van der Waals surface area contributed by atoms with Crippen LogP contribution in [-0.4, -0.2) is 30.4 Å². The van der Waals surface area contributed by atoms with Crippen LogP contribution < -0.4 is 11.5 Å². The van der Waals surface area contributed by atoms with Crippen LogP contribution in [0.5, 0.6) is 5.88 Å². The van der Waals surface area contributed by atoms with Crippen molar-refractivity contribution in [3.05, 3.63) is 48.0 Å². The molecular weight excluding hydrogens is 378 g/mol. The molecule has 0 fully saturated rings. The predicted molar refractivity (Wildman–Crippen MR) is 119 cm³/mol. The lowest BCUT2D eigenvalue weighted by Crippen LogP contribution is -2.24. The van der Waals surface area contributed by atoms with E-state index in [1.54, 1.807) is 4.40 Å². The first kappa shape index (κ1) is 19.8. The van der Waals surface area contributed by atoms with Crippen LogP contribution in [0, 0.1) is 5.92 Å². The maximum atomic E-state index is 10.9. The minimum absolute atomic E-state index is 0.00233. The fraction of sp³-hybridized carbons (Fsp3) is 0.318. The van der Waals surface area contributed by atoms with Gasteiger partial charge in [0.1, 0.15) is 11.4 Å². The first-order valence-electron chi connectivity index (χ1n) is 10.1. The number of guanidine groups is 1. The Morgan fingerprint density at radius 1 is 1.23 bits per heavy atom. The van der Waals surface area contributed by atoms with Crippen molar-refractivity contribution in [2.24, 2.45) is 22.4 Å². The van der Waals surface area contributed by atoms with Crippen LogP contribution in [0.1, 0.15) is 44.6 Å². The number of aromatic amines is 1. The van der Waals surface area contributed by atoms with Gasteiger partial charge < -0.3 is 21.6 Å². The number of fused-ring (bicyclic) bond motifs is 2. The van der Waals surface area contributed by atoms with Crippen LogP contribution in [0.15, 0.2) is 41.7 Å². The molecule has 1 aromatic carbocycles. The van der Waals surface area contributed by atoms with E-state index in [2.05, 4.69) is 23.8 Å². The van der Waals surface area contributed by atoms with E-state index in [1.807, 2.05) is 43.6 Å². The molecule has 0 aliphatic heterocycles. The van der Waals surface area contributed by atoms with Gasteiger partial charge in [0.2, 0.25) is 5.88 Å². The molecule has 3 heterocycles. The van der Waals surface area contributed by atoms with E-state index in [0.717, 1.165) is 16.5 Å². The number of aliphatic imine (C=N–C) groups is 1. The summed E-state index contributed by atoms with van der Waals surface area (Å²) in [6.45, 7) is 6.17. The number of nitrogens with two attached hydrogens (primary N) is 2. The third kappa shape index (κ3) is 3.45. The first-order chi connectivity index (χ1) is 14.4. The summed E-state index contributed by atoms with van der Waals surface area (Å²) in [6, 6.07) is 7.66. The maximum absolute atomic E-state index is 10.9. The molecule has 30 heavy (non-hydrogen) atoms. The van der Waals surface area contributed by atoms with Crippen molar-refractivity contribution in [1.29, 1.82) is 0 Å². The number of aromatic nitrogens is 4. The van der Waals surface area contributed by atoms with Crippen molar-refractivity contribution in [2.75, 3.05) is 0 Å². The van der Waals surface area contributed by atoms with Gasteiger partial charge in [-0.1, -0.05) is 39.0 Å². The highest BCUT2D eigenvalue weighted by atomic mass is 16.3. The summed E-state index contributed by atoms with van der Waals surface area (Å²) in [4.78, 5) is 17.3. The molecule has 6 N–H and O–H groups in total. The minimum atomic E-state index is -0.364. The smallest absolute Gasteiger partial charge is 0.219 e. The lowest BCUT2D eigenvalue weighted by molar-refractivity contribution is 0.436. The van der Waals surface area contributed by atoms with Gasteiger partial charge in [-0.15, -0.1) is 0 Å². The number of benzene rings is 1. The Hall–Kier alpha value is -3.55. The topological polar surface area (TPSA) is 131 Å². The quantitative estimate of drug-likeness (QED) is 0.288. The molecule has 0 saturated heterocycles. The Bertz CT molecular complexity index is 1230. The lowest BCUT2D eigenvalue weighted by atomic mass is 10.1. The van der Waals surface area contributed by atoms with Crippen molar-refractivity contribution < 1.29 is 5.11 Å². The van der Waals surface area contributed by atoms with E-state index < -0.39 is 0 Å². The Morgan fingerprint density at radius 3 is 2.70 bits per heavy atom. The molecule has 0 spiro atoms. The Labute approximate surface area is 174 Å². The number of aromatic hydroxyl groups is 1. The molecule has 3 aromatic heterocycles. The molecule has 4 aromatic rings. The lowest BCUT2D eigenvalue weighted by Gasteiger charge is -2.13. The SMILES string of the molecule is CCC(N=C(N)N)c1nc(-c2c[nH]c3ccccc23)cn2c(O)c(CC(C)C)nc12. The minimum Gasteiger partial charge on any atom is -0.493 e. The van der Waals surface area contributed by atoms with Crippen LogP contribution in [0.3, 0.4) is 0 Å². The highest BCUT2D eigenvalue weighted by molar-refractivity contribution is 5.94. The first-order valence-corrected chi connectivity index (χ1v) is 10.1. The summed E-state index contributed by atoms with van der Waals surface area (Å²) in [6.07, 6.45) is 5.05. The number of para-hydroxylation sites is 1. The van der Waals surface area contributed by atoms with E-state index in [0.29, 0.717) is 41.5 Å². The number of H-pyrrole nitrogens is 1. The van der Waals surface area contributed by atoms with Crippen LogP contribution in [0.2, 0.25) is 0 Å². The van der Waals surface area contributed by atoms with E-state index >= 15 is 0 Å². The monoisotopic (exact) mass is 405 g/mol. The fourth-order valence-electron chi connectivity index (χ4n) is 3.79. The molecule has 0 amide bonds. The molecule has 0 aliphatic carbocycles. The van der Waals surface area contributed by atoms with Gasteiger partial charge in [0.05, 0.1) is 11.7 Å². The van der Waals surface area contributed by atoms with Crippen LogP contribution in [0.4, 0.5) is 0 Å². The zero-order valence-corrected chi connectivity index (χ0v) is 17.4.